The van der Waals surface area contributed by atoms with E-state index in [0.717, 1.165) is 0 Å². The number of rotatable bonds is 6. The van der Waals surface area contributed by atoms with Crippen molar-refractivity contribution in [1.82, 2.24) is 0 Å². The number of carbonyl (C=O) groups excluding carboxylic acids is 2. The quantitative estimate of drug-likeness (QED) is 0.763. The van der Waals surface area contributed by atoms with E-state index in [4.69, 9.17) is 9.47 Å². The number of quaternary nitrogens is 1. The van der Waals surface area contributed by atoms with Crippen LogP contribution in [0, 0.1) is 10.8 Å². The number of carbonyl (C=O) groups is 2. The fourth-order valence-electron chi connectivity index (χ4n) is 1.29. The van der Waals surface area contributed by atoms with E-state index in [2.05, 4.69) is 5.73 Å². The SMILES string of the molecule is C[C@H](OC(=O)CC[C@@H]([NH3+])C(=O)O[C@@H](C)C(C)(C)C)C(C)(C)C. The lowest BCUT2D eigenvalue weighted by molar-refractivity contribution is -0.410. The maximum Gasteiger partial charge on any atom is 0.365 e. The fourth-order valence-corrected chi connectivity index (χ4v) is 1.29. The third-order valence-electron chi connectivity index (χ3n) is 4.07. The van der Waals surface area contributed by atoms with Gasteiger partial charge in [0, 0.05) is 6.42 Å². The van der Waals surface area contributed by atoms with Gasteiger partial charge in [0.25, 0.3) is 0 Å². The second-order valence-corrected chi connectivity index (χ2v) is 8.18. The highest BCUT2D eigenvalue weighted by Gasteiger charge is 2.29. The zero-order valence-corrected chi connectivity index (χ0v) is 15.5. The molecule has 0 saturated carbocycles. The maximum absolute atomic E-state index is 12.0. The maximum atomic E-state index is 12.0. The molecule has 0 aliphatic carbocycles. The van der Waals surface area contributed by atoms with E-state index >= 15 is 0 Å². The molecular formula is C17H34NO4+. The summed E-state index contributed by atoms with van der Waals surface area (Å²) >= 11 is 0. The molecule has 130 valence electrons. The van der Waals surface area contributed by atoms with Gasteiger partial charge >= 0.3 is 11.9 Å². The van der Waals surface area contributed by atoms with Crippen LogP contribution >= 0.6 is 0 Å². The van der Waals surface area contributed by atoms with Gasteiger partial charge in [-0.1, -0.05) is 41.5 Å². The molecule has 3 atom stereocenters. The molecule has 0 spiro atoms. The largest absolute Gasteiger partial charge is 0.462 e. The van der Waals surface area contributed by atoms with E-state index in [1.54, 1.807) is 0 Å². The Hall–Kier alpha value is -1.10. The van der Waals surface area contributed by atoms with Crippen LogP contribution < -0.4 is 5.73 Å². The first kappa shape index (κ1) is 20.9. The van der Waals surface area contributed by atoms with Crippen LogP contribution in [0.5, 0.6) is 0 Å². The van der Waals surface area contributed by atoms with Gasteiger partial charge in [-0.25, -0.2) is 4.79 Å². The smallest absolute Gasteiger partial charge is 0.365 e. The molecule has 0 aromatic rings. The van der Waals surface area contributed by atoms with Gasteiger partial charge in [0.05, 0.1) is 6.42 Å². The summed E-state index contributed by atoms with van der Waals surface area (Å²) in [5.74, 6) is -0.660. The zero-order chi connectivity index (χ0) is 17.7. The first-order valence-corrected chi connectivity index (χ1v) is 7.98. The van der Waals surface area contributed by atoms with Crippen molar-refractivity contribution < 1.29 is 24.8 Å². The Morgan fingerprint density at radius 2 is 1.32 bits per heavy atom. The van der Waals surface area contributed by atoms with Crippen LogP contribution in [0.25, 0.3) is 0 Å². The molecule has 0 fully saturated rings. The van der Waals surface area contributed by atoms with E-state index in [9.17, 15) is 9.59 Å². The molecule has 3 N–H and O–H groups in total. The predicted octanol–water partition coefficient (Wildman–Crippen LogP) is 2.33. The van der Waals surface area contributed by atoms with Crippen molar-refractivity contribution >= 4 is 11.9 Å². The fraction of sp³-hybridized carbons (Fsp3) is 0.882. The van der Waals surface area contributed by atoms with Crippen molar-refractivity contribution in [3.05, 3.63) is 0 Å². The van der Waals surface area contributed by atoms with Crippen LogP contribution in [-0.4, -0.2) is 30.2 Å². The van der Waals surface area contributed by atoms with Crippen molar-refractivity contribution in [3.63, 3.8) is 0 Å². The van der Waals surface area contributed by atoms with Crippen LogP contribution in [0.1, 0.15) is 68.2 Å². The van der Waals surface area contributed by atoms with E-state index in [1.807, 2.05) is 55.4 Å². The molecule has 0 amide bonds. The third kappa shape index (κ3) is 7.78. The Balaban J connectivity index is 4.25. The lowest BCUT2D eigenvalue weighted by Crippen LogP contribution is -2.65. The number of hydrogen-bond donors (Lipinski definition) is 1. The van der Waals surface area contributed by atoms with E-state index in [1.165, 1.54) is 0 Å². The molecule has 0 bridgehead atoms. The van der Waals surface area contributed by atoms with E-state index in [0.29, 0.717) is 6.42 Å². The molecular weight excluding hydrogens is 282 g/mol. The minimum absolute atomic E-state index is 0.0966. The third-order valence-corrected chi connectivity index (χ3v) is 4.07. The Morgan fingerprint density at radius 3 is 1.73 bits per heavy atom. The molecule has 5 nitrogen and oxygen atoms in total. The topological polar surface area (TPSA) is 80.2 Å². The lowest BCUT2D eigenvalue weighted by Gasteiger charge is -2.27. The molecule has 0 aromatic carbocycles. The zero-order valence-electron chi connectivity index (χ0n) is 15.5. The summed E-state index contributed by atoms with van der Waals surface area (Å²) in [5.41, 5.74) is 3.58. The molecule has 0 heterocycles. The second kappa shape index (κ2) is 7.95. The lowest BCUT2D eigenvalue weighted by atomic mass is 9.90. The van der Waals surface area contributed by atoms with Crippen molar-refractivity contribution in [2.75, 3.05) is 0 Å². The number of ether oxygens (including phenoxy) is 2. The molecule has 0 aromatic heterocycles. The van der Waals surface area contributed by atoms with Crippen molar-refractivity contribution in [2.24, 2.45) is 10.8 Å². The standard InChI is InChI=1S/C17H33NO4/c1-11(16(3,4)5)21-14(19)10-9-13(18)15(20)22-12(2)17(6,7)8/h11-13H,9-10,18H2,1-8H3/p+1/t11-,12-,13+/m0/s1. The summed E-state index contributed by atoms with van der Waals surface area (Å²) in [4.78, 5) is 23.8. The molecule has 0 rings (SSSR count). The molecule has 0 aliphatic heterocycles. The first-order chi connectivity index (χ1) is 9.75. The normalized spacial score (nSPS) is 16.6. The summed E-state index contributed by atoms with van der Waals surface area (Å²) in [6.07, 6.45) is 0.146. The monoisotopic (exact) mass is 316 g/mol. The van der Waals surface area contributed by atoms with Gasteiger partial charge in [0.15, 0.2) is 6.04 Å². The molecule has 0 saturated heterocycles. The minimum Gasteiger partial charge on any atom is -0.462 e. The Morgan fingerprint density at radius 1 is 0.909 bits per heavy atom. The molecule has 0 radical (unpaired) electrons. The van der Waals surface area contributed by atoms with E-state index in [-0.39, 0.29) is 41.4 Å². The van der Waals surface area contributed by atoms with Crippen molar-refractivity contribution in [3.8, 4) is 0 Å². The van der Waals surface area contributed by atoms with Crippen molar-refractivity contribution in [1.29, 1.82) is 0 Å². The highest BCUT2D eigenvalue weighted by Crippen LogP contribution is 2.23. The van der Waals surface area contributed by atoms with Crippen LogP contribution in [0.4, 0.5) is 0 Å². The van der Waals surface area contributed by atoms with Crippen LogP contribution in [0.3, 0.4) is 0 Å². The minimum atomic E-state index is -0.553. The highest BCUT2D eigenvalue weighted by atomic mass is 16.5. The highest BCUT2D eigenvalue weighted by molar-refractivity contribution is 5.76. The van der Waals surface area contributed by atoms with Crippen LogP contribution in [-0.2, 0) is 19.1 Å². The van der Waals surface area contributed by atoms with Crippen LogP contribution in [0.15, 0.2) is 0 Å². The van der Waals surface area contributed by atoms with Gasteiger partial charge < -0.3 is 15.2 Å². The molecule has 0 aliphatic rings. The summed E-state index contributed by atoms with van der Waals surface area (Å²) in [6, 6.07) is -0.553. The molecule has 22 heavy (non-hydrogen) atoms. The van der Waals surface area contributed by atoms with E-state index < -0.39 is 6.04 Å². The second-order valence-electron chi connectivity index (χ2n) is 8.18. The van der Waals surface area contributed by atoms with Crippen LogP contribution in [0.2, 0.25) is 0 Å². The van der Waals surface area contributed by atoms with Gasteiger partial charge in [-0.05, 0) is 24.7 Å². The predicted molar refractivity (Wildman–Crippen MR) is 85.9 cm³/mol. The summed E-state index contributed by atoms with van der Waals surface area (Å²) < 4.78 is 10.8. The van der Waals surface area contributed by atoms with Gasteiger partial charge in [0.1, 0.15) is 12.2 Å². The van der Waals surface area contributed by atoms with Gasteiger partial charge in [-0.3, -0.25) is 4.79 Å². The van der Waals surface area contributed by atoms with Gasteiger partial charge in [-0.2, -0.15) is 0 Å². The molecule has 0 unspecified atom stereocenters. The average molecular weight is 316 g/mol. The number of esters is 2. The Bertz CT molecular complexity index is 379. The average Bonchev–Trinajstić information content (AvgIpc) is 2.33. The van der Waals surface area contributed by atoms with Gasteiger partial charge in [0.2, 0.25) is 0 Å². The number of hydrogen-bond acceptors (Lipinski definition) is 4. The molecule has 5 heteroatoms. The summed E-state index contributed by atoms with van der Waals surface area (Å²) in [5, 5.41) is 0. The first-order valence-electron chi connectivity index (χ1n) is 7.98. The summed E-state index contributed by atoms with van der Waals surface area (Å²) in [7, 11) is 0. The Kier molecular flexibility index (Phi) is 7.55. The summed E-state index contributed by atoms with van der Waals surface area (Å²) in [6.45, 7) is 15.8. The Labute approximate surface area is 134 Å². The van der Waals surface area contributed by atoms with Gasteiger partial charge in [-0.15, -0.1) is 0 Å². The van der Waals surface area contributed by atoms with Crippen molar-refractivity contribution in [2.45, 2.75) is 86.5 Å².